The van der Waals surface area contributed by atoms with Gasteiger partial charge in [-0.05, 0) is 18.2 Å². The number of carbonyl (C=O) groups is 2. The Morgan fingerprint density at radius 3 is 2.62 bits per heavy atom. The van der Waals surface area contributed by atoms with Crippen molar-refractivity contribution >= 4 is 27.6 Å². The van der Waals surface area contributed by atoms with Gasteiger partial charge in [-0.3, -0.25) is 14.1 Å². The summed E-state index contributed by atoms with van der Waals surface area (Å²) in [7, 11) is -4.42. The molecule has 0 heterocycles. The van der Waals surface area contributed by atoms with E-state index in [0.717, 1.165) is 23.2 Å². The Labute approximate surface area is 139 Å². The molecule has 9 nitrogen and oxygen atoms in total. The SMILES string of the molecule is CC(=O)N(/C=C(/C#N)C(=O)Nc1cccc(S(=O)(=O)O)c1)CCN. The summed E-state index contributed by atoms with van der Waals surface area (Å²) in [5.74, 6) is -1.23. The number of nitrogens with one attached hydrogen (secondary N) is 1. The largest absolute Gasteiger partial charge is 0.329 e. The van der Waals surface area contributed by atoms with Gasteiger partial charge in [0.25, 0.3) is 16.0 Å². The van der Waals surface area contributed by atoms with Crippen molar-refractivity contribution in [2.45, 2.75) is 11.8 Å². The summed E-state index contributed by atoms with van der Waals surface area (Å²) < 4.78 is 31.1. The van der Waals surface area contributed by atoms with Gasteiger partial charge >= 0.3 is 0 Å². The van der Waals surface area contributed by atoms with Crippen molar-refractivity contribution in [3.8, 4) is 6.07 Å². The van der Waals surface area contributed by atoms with E-state index >= 15 is 0 Å². The normalized spacial score (nSPS) is 11.5. The van der Waals surface area contributed by atoms with E-state index in [2.05, 4.69) is 5.32 Å². The second-order valence-electron chi connectivity index (χ2n) is 4.61. The summed E-state index contributed by atoms with van der Waals surface area (Å²) >= 11 is 0. The van der Waals surface area contributed by atoms with Crippen LogP contribution in [0.25, 0.3) is 0 Å². The van der Waals surface area contributed by atoms with Gasteiger partial charge in [-0.15, -0.1) is 0 Å². The number of nitrogens with zero attached hydrogens (tertiary/aromatic N) is 2. The van der Waals surface area contributed by atoms with Gasteiger partial charge in [0.1, 0.15) is 11.6 Å². The van der Waals surface area contributed by atoms with Gasteiger partial charge in [-0.25, -0.2) is 0 Å². The Hall–Kier alpha value is -2.74. The summed E-state index contributed by atoms with van der Waals surface area (Å²) in [6.45, 7) is 1.54. The summed E-state index contributed by atoms with van der Waals surface area (Å²) in [5.41, 5.74) is 5.05. The van der Waals surface area contributed by atoms with E-state index in [1.165, 1.54) is 19.1 Å². The third kappa shape index (κ3) is 5.47. The first-order valence-corrected chi connectivity index (χ1v) is 8.11. The molecule has 24 heavy (non-hydrogen) atoms. The first kappa shape index (κ1) is 19.3. The van der Waals surface area contributed by atoms with Crippen molar-refractivity contribution in [2.75, 3.05) is 18.4 Å². The van der Waals surface area contributed by atoms with Gasteiger partial charge < -0.3 is 16.0 Å². The Balaban J connectivity index is 3.04. The van der Waals surface area contributed by atoms with Crippen molar-refractivity contribution in [3.05, 3.63) is 36.0 Å². The lowest BCUT2D eigenvalue weighted by molar-refractivity contribution is -0.126. The lowest BCUT2D eigenvalue weighted by atomic mass is 10.2. The van der Waals surface area contributed by atoms with Gasteiger partial charge in [0.15, 0.2) is 0 Å². The van der Waals surface area contributed by atoms with E-state index in [-0.39, 0.29) is 24.4 Å². The molecule has 4 N–H and O–H groups in total. The smallest absolute Gasteiger partial charge is 0.294 e. The van der Waals surface area contributed by atoms with Gasteiger partial charge in [-0.2, -0.15) is 13.7 Å². The molecule has 0 bridgehead atoms. The fourth-order valence-electron chi connectivity index (χ4n) is 1.68. The van der Waals surface area contributed by atoms with Crippen molar-refractivity contribution in [1.29, 1.82) is 5.26 Å². The fraction of sp³-hybridized carbons (Fsp3) is 0.214. The summed E-state index contributed by atoms with van der Waals surface area (Å²) in [5, 5.41) is 11.4. The van der Waals surface area contributed by atoms with E-state index in [4.69, 9.17) is 15.5 Å². The predicted octanol–water partition coefficient (Wildman–Crippen LogP) is 0.0865. The van der Waals surface area contributed by atoms with Crippen LogP contribution in [0.2, 0.25) is 0 Å². The highest BCUT2D eigenvalue weighted by Crippen LogP contribution is 2.16. The summed E-state index contributed by atoms with van der Waals surface area (Å²) in [6, 6.07) is 6.52. The second kappa shape index (κ2) is 8.21. The van der Waals surface area contributed by atoms with Crippen molar-refractivity contribution in [2.24, 2.45) is 5.73 Å². The average molecular weight is 352 g/mol. The molecule has 0 aliphatic carbocycles. The molecule has 0 atom stereocenters. The Morgan fingerprint density at radius 1 is 1.46 bits per heavy atom. The minimum atomic E-state index is -4.42. The van der Waals surface area contributed by atoms with E-state index in [9.17, 15) is 18.0 Å². The van der Waals surface area contributed by atoms with Crippen LogP contribution in [0.5, 0.6) is 0 Å². The molecule has 0 saturated heterocycles. The molecular formula is C14H16N4O5S. The van der Waals surface area contributed by atoms with Crippen LogP contribution in [-0.2, 0) is 19.7 Å². The molecule has 0 aromatic heterocycles. The number of amides is 2. The Bertz CT molecular complexity index is 811. The van der Waals surface area contributed by atoms with Gasteiger partial charge in [0.2, 0.25) is 5.91 Å². The standard InChI is InChI=1S/C14H16N4O5S/c1-10(19)18(6-5-15)9-11(8-16)14(20)17-12-3-2-4-13(7-12)24(21,22)23/h2-4,7,9H,5-6,15H2,1H3,(H,17,20)(H,21,22,23)/b11-9-. The van der Waals surface area contributed by atoms with Crippen LogP contribution in [0.3, 0.4) is 0 Å². The molecule has 0 fully saturated rings. The number of benzene rings is 1. The number of nitrogens with two attached hydrogens (primary N) is 1. The zero-order valence-electron chi connectivity index (χ0n) is 12.8. The van der Waals surface area contributed by atoms with Crippen LogP contribution in [0.1, 0.15) is 6.92 Å². The first-order valence-electron chi connectivity index (χ1n) is 6.67. The highest BCUT2D eigenvalue weighted by molar-refractivity contribution is 7.85. The van der Waals surface area contributed by atoms with Crippen LogP contribution in [-0.4, -0.2) is 42.8 Å². The molecule has 0 saturated carbocycles. The van der Waals surface area contributed by atoms with Crippen LogP contribution >= 0.6 is 0 Å². The fourth-order valence-corrected chi connectivity index (χ4v) is 2.21. The quantitative estimate of drug-likeness (QED) is 0.372. The van der Waals surface area contributed by atoms with Crippen molar-refractivity contribution < 1.29 is 22.6 Å². The predicted molar refractivity (Wildman–Crippen MR) is 85.0 cm³/mol. The molecule has 1 aromatic carbocycles. The molecule has 0 aliphatic rings. The summed E-state index contributed by atoms with van der Waals surface area (Å²) in [6.07, 6.45) is 1.07. The number of carbonyl (C=O) groups excluding carboxylic acids is 2. The Morgan fingerprint density at radius 2 is 2.12 bits per heavy atom. The Kier molecular flexibility index (Phi) is 6.60. The number of rotatable bonds is 6. The zero-order chi connectivity index (χ0) is 18.3. The highest BCUT2D eigenvalue weighted by atomic mass is 32.2. The van der Waals surface area contributed by atoms with Crippen LogP contribution < -0.4 is 11.1 Å². The van der Waals surface area contributed by atoms with E-state index in [1.54, 1.807) is 6.07 Å². The molecule has 10 heteroatoms. The van der Waals surface area contributed by atoms with Gasteiger partial charge in [-0.1, -0.05) is 6.07 Å². The van der Waals surface area contributed by atoms with E-state index in [0.29, 0.717) is 0 Å². The van der Waals surface area contributed by atoms with Crippen LogP contribution in [0.4, 0.5) is 5.69 Å². The maximum absolute atomic E-state index is 12.1. The number of anilines is 1. The third-order valence-electron chi connectivity index (χ3n) is 2.81. The maximum atomic E-state index is 12.1. The van der Waals surface area contributed by atoms with Crippen molar-refractivity contribution in [1.82, 2.24) is 4.90 Å². The first-order chi connectivity index (χ1) is 11.2. The molecule has 2 amide bonds. The van der Waals surface area contributed by atoms with E-state index in [1.807, 2.05) is 0 Å². The van der Waals surface area contributed by atoms with Crippen LogP contribution in [0, 0.1) is 11.3 Å². The third-order valence-corrected chi connectivity index (χ3v) is 3.66. The molecule has 0 radical (unpaired) electrons. The lowest BCUT2D eigenvalue weighted by Crippen LogP contribution is -2.30. The molecule has 1 aromatic rings. The molecule has 0 aliphatic heterocycles. The number of hydrogen-bond donors (Lipinski definition) is 3. The minimum Gasteiger partial charge on any atom is -0.329 e. The minimum absolute atomic E-state index is 0.0597. The number of hydrogen-bond acceptors (Lipinski definition) is 6. The maximum Gasteiger partial charge on any atom is 0.294 e. The van der Waals surface area contributed by atoms with Gasteiger partial charge in [0.05, 0.1) is 4.90 Å². The second-order valence-corrected chi connectivity index (χ2v) is 6.03. The average Bonchev–Trinajstić information content (AvgIpc) is 2.50. The molecular weight excluding hydrogens is 336 g/mol. The molecule has 0 spiro atoms. The van der Waals surface area contributed by atoms with Gasteiger partial charge in [0, 0.05) is 31.9 Å². The lowest BCUT2D eigenvalue weighted by Gasteiger charge is -2.15. The van der Waals surface area contributed by atoms with Crippen molar-refractivity contribution in [3.63, 3.8) is 0 Å². The van der Waals surface area contributed by atoms with E-state index < -0.39 is 26.8 Å². The summed E-state index contributed by atoms with van der Waals surface area (Å²) in [4.78, 5) is 24.2. The molecule has 128 valence electrons. The topological polar surface area (TPSA) is 154 Å². The molecule has 1 rings (SSSR count). The highest BCUT2D eigenvalue weighted by Gasteiger charge is 2.15. The van der Waals surface area contributed by atoms with Crippen LogP contribution in [0.15, 0.2) is 40.9 Å². The monoisotopic (exact) mass is 352 g/mol. The zero-order valence-corrected chi connectivity index (χ0v) is 13.6. The number of nitriles is 1. The molecule has 0 unspecified atom stereocenters.